The van der Waals surface area contributed by atoms with E-state index in [1.807, 2.05) is 30.3 Å². The highest BCUT2D eigenvalue weighted by molar-refractivity contribution is 7.89. The fraction of sp³-hybridized carbons (Fsp3) is 0.381. The first-order valence-electron chi connectivity index (χ1n) is 9.89. The lowest BCUT2D eigenvalue weighted by Gasteiger charge is -2.29. The summed E-state index contributed by atoms with van der Waals surface area (Å²) in [4.78, 5) is 12.0. The Bertz CT molecular complexity index is 965. The number of urea groups is 1. The molecule has 1 aliphatic carbocycles. The summed E-state index contributed by atoms with van der Waals surface area (Å²) in [5, 5.41) is 5.57. The number of nitrogens with one attached hydrogen (secondary N) is 3. The van der Waals surface area contributed by atoms with Crippen molar-refractivity contribution >= 4 is 27.7 Å². The molecule has 0 unspecified atom stereocenters. The van der Waals surface area contributed by atoms with Crippen LogP contribution in [0.15, 0.2) is 53.4 Å². The van der Waals surface area contributed by atoms with E-state index in [2.05, 4.69) is 15.4 Å². The van der Waals surface area contributed by atoms with Crippen LogP contribution in [0.25, 0.3) is 0 Å². The van der Waals surface area contributed by atoms with Crippen LogP contribution in [0.4, 0.5) is 9.18 Å². The van der Waals surface area contributed by atoms with Gasteiger partial charge in [0.2, 0.25) is 10.0 Å². The maximum absolute atomic E-state index is 13.3. The van der Waals surface area contributed by atoms with Gasteiger partial charge in [-0.25, -0.2) is 22.3 Å². The number of amides is 2. The van der Waals surface area contributed by atoms with E-state index >= 15 is 0 Å². The fourth-order valence-electron chi connectivity index (χ4n) is 3.49. The number of hydrogen-bond donors (Lipinski definition) is 3. The topological polar surface area (TPSA) is 87.3 Å². The minimum Gasteiger partial charge on any atom is -0.338 e. The van der Waals surface area contributed by atoms with Gasteiger partial charge in [0.05, 0.1) is 9.92 Å². The van der Waals surface area contributed by atoms with Gasteiger partial charge in [-0.1, -0.05) is 41.9 Å². The van der Waals surface area contributed by atoms with Crippen LogP contribution in [0.1, 0.15) is 31.2 Å². The zero-order valence-electron chi connectivity index (χ0n) is 16.4. The maximum atomic E-state index is 13.3. The number of rotatable bonds is 7. The molecule has 30 heavy (non-hydrogen) atoms. The molecule has 9 heteroatoms. The van der Waals surface area contributed by atoms with Crippen molar-refractivity contribution in [1.82, 2.24) is 15.4 Å². The molecule has 2 aromatic rings. The molecule has 0 aromatic heterocycles. The number of hydrogen-bond acceptors (Lipinski definition) is 3. The summed E-state index contributed by atoms with van der Waals surface area (Å²) in [6.45, 7) is 0.547. The normalized spacial score (nSPS) is 19.3. The molecule has 0 saturated heterocycles. The lowest BCUT2D eigenvalue weighted by Crippen LogP contribution is -2.47. The van der Waals surface area contributed by atoms with Crippen LogP contribution in [0.5, 0.6) is 0 Å². The lowest BCUT2D eigenvalue weighted by molar-refractivity contribution is 0.230. The summed E-state index contributed by atoms with van der Waals surface area (Å²) in [6, 6.07) is 12.8. The highest BCUT2D eigenvalue weighted by Gasteiger charge is 2.26. The molecule has 1 saturated carbocycles. The Morgan fingerprint density at radius 3 is 2.37 bits per heavy atom. The van der Waals surface area contributed by atoms with Crippen molar-refractivity contribution in [2.75, 3.05) is 6.54 Å². The van der Waals surface area contributed by atoms with Gasteiger partial charge in [0, 0.05) is 18.6 Å². The molecule has 0 aliphatic heterocycles. The third kappa shape index (κ3) is 6.42. The number of carbonyl (C=O) groups is 1. The smallest absolute Gasteiger partial charge is 0.315 e. The summed E-state index contributed by atoms with van der Waals surface area (Å²) in [7, 11) is -3.78. The van der Waals surface area contributed by atoms with Gasteiger partial charge >= 0.3 is 6.03 Å². The molecule has 0 heterocycles. The summed E-state index contributed by atoms with van der Waals surface area (Å²) < 4.78 is 40.9. The van der Waals surface area contributed by atoms with Crippen LogP contribution in [-0.4, -0.2) is 33.1 Å². The minimum absolute atomic E-state index is 0.00254. The van der Waals surface area contributed by atoms with Crippen molar-refractivity contribution in [3.8, 4) is 0 Å². The van der Waals surface area contributed by atoms with E-state index in [0.29, 0.717) is 32.2 Å². The van der Waals surface area contributed by atoms with Crippen LogP contribution < -0.4 is 15.4 Å². The monoisotopic (exact) mass is 453 g/mol. The van der Waals surface area contributed by atoms with E-state index in [1.165, 1.54) is 6.07 Å². The largest absolute Gasteiger partial charge is 0.338 e. The molecule has 2 aromatic carbocycles. The van der Waals surface area contributed by atoms with E-state index in [4.69, 9.17) is 11.6 Å². The highest BCUT2D eigenvalue weighted by atomic mass is 35.5. The molecule has 1 aliphatic rings. The van der Waals surface area contributed by atoms with Crippen LogP contribution >= 0.6 is 11.6 Å². The molecule has 3 N–H and O–H groups in total. The molecule has 0 spiro atoms. The van der Waals surface area contributed by atoms with Gasteiger partial charge < -0.3 is 10.6 Å². The highest BCUT2D eigenvalue weighted by Crippen LogP contribution is 2.23. The second-order valence-electron chi connectivity index (χ2n) is 7.38. The molecule has 0 radical (unpaired) electrons. The average Bonchev–Trinajstić information content (AvgIpc) is 2.72. The van der Waals surface area contributed by atoms with Gasteiger partial charge in [-0.15, -0.1) is 0 Å². The Morgan fingerprint density at radius 1 is 1.03 bits per heavy atom. The molecular formula is C21H25ClFN3O3S. The molecule has 162 valence electrons. The maximum Gasteiger partial charge on any atom is 0.315 e. The Labute approximate surface area is 181 Å². The first kappa shape index (κ1) is 22.5. The molecular weight excluding hydrogens is 429 g/mol. The van der Waals surface area contributed by atoms with Crippen molar-refractivity contribution < 1.29 is 17.6 Å². The summed E-state index contributed by atoms with van der Waals surface area (Å²) in [6.07, 6.45) is 3.30. The van der Waals surface area contributed by atoms with E-state index in [9.17, 15) is 17.6 Å². The quantitative estimate of drug-likeness (QED) is 0.598. The molecule has 2 amide bonds. The third-order valence-electron chi connectivity index (χ3n) is 5.13. The van der Waals surface area contributed by atoms with Crippen molar-refractivity contribution in [3.63, 3.8) is 0 Å². The standard InChI is InChI=1S/C21H25ClFN3O3S/c22-19-14-18(10-11-20(19)23)30(28,29)26-17-8-6-16(7-9-17)25-21(27)24-13-12-15-4-2-1-3-5-15/h1-5,10-11,14,16-17,26H,6-9,12-13H2,(H2,24,25,27). The van der Waals surface area contributed by atoms with Gasteiger partial charge in [0.25, 0.3) is 0 Å². The van der Waals surface area contributed by atoms with Crippen molar-refractivity contribution in [1.29, 1.82) is 0 Å². The van der Waals surface area contributed by atoms with Gasteiger partial charge in [-0.3, -0.25) is 0 Å². The molecule has 1 fully saturated rings. The van der Waals surface area contributed by atoms with Crippen molar-refractivity contribution in [3.05, 3.63) is 64.9 Å². The first-order chi connectivity index (χ1) is 14.3. The fourth-order valence-corrected chi connectivity index (χ4v) is 5.06. The molecule has 0 atom stereocenters. The van der Waals surface area contributed by atoms with Crippen LogP contribution in [-0.2, 0) is 16.4 Å². The van der Waals surface area contributed by atoms with Crippen molar-refractivity contribution in [2.24, 2.45) is 0 Å². The van der Waals surface area contributed by atoms with Gasteiger partial charge in [-0.05, 0) is 55.9 Å². The Kier molecular flexibility index (Phi) is 7.69. The second-order valence-corrected chi connectivity index (χ2v) is 9.50. The van der Waals surface area contributed by atoms with E-state index in [1.54, 1.807) is 0 Å². The van der Waals surface area contributed by atoms with E-state index in [-0.39, 0.29) is 28.0 Å². The SMILES string of the molecule is O=C(NCCc1ccccc1)NC1CCC(NS(=O)(=O)c2ccc(F)c(Cl)c2)CC1. The zero-order valence-corrected chi connectivity index (χ0v) is 18.0. The van der Waals surface area contributed by atoms with Crippen LogP contribution in [0.2, 0.25) is 5.02 Å². The number of carbonyl (C=O) groups excluding carboxylic acids is 1. The number of halogens is 2. The Morgan fingerprint density at radius 2 is 1.70 bits per heavy atom. The lowest BCUT2D eigenvalue weighted by atomic mass is 9.92. The number of benzene rings is 2. The van der Waals surface area contributed by atoms with E-state index in [0.717, 1.165) is 24.1 Å². The zero-order chi connectivity index (χ0) is 21.6. The predicted molar refractivity (Wildman–Crippen MR) is 114 cm³/mol. The number of sulfonamides is 1. The average molecular weight is 454 g/mol. The first-order valence-corrected chi connectivity index (χ1v) is 11.8. The minimum atomic E-state index is -3.78. The van der Waals surface area contributed by atoms with Crippen molar-refractivity contribution in [2.45, 2.75) is 49.1 Å². The third-order valence-corrected chi connectivity index (χ3v) is 6.94. The van der Waals surface area contributed by atoms with Crippen LogP contribution in [0.3, 0.4) is 0 Å². The van der Waals surface area contributed by atoms with Gasteiger partial charge in [0.1, 0.15) is 5.82 Å². The molecule has 0 bridgehead atoms. The predicted octanol–water partition coefficient (Wildman–Crippen LogP) is 3.61. The second kappa shape index (κ2) is 10.2. The molecule has 6 nitrogen and oxygen atoms in total. The molecule has 3 rings (SSSR count). The Balaban J connectivity index is 1.41. The van der Waals surface area contributed by atoms with Gasteiger partial charge in [-0.2, -0.15) is 0 Å². The Hall–Kier alpha value is -2.16. The summed E-state index contributed by atoms with van der Waals surface area (Å²) in [5.74, 6) is -0.663. The van der Waals surface area contributed by atoms with Gasteiger partial charge in [0.15, 0.2) is 0 Å². The van der Waals surface area contributed by atoms with Crippen LogP contribution in [0, 0.1) is 5.82 Å². The van der Waals surface area contributed by atoms with E-state index < -0.39 is 15.8 Å². The summed E-state index contributed by atoms with van der Waals surface area (Å²) >= 11 is 5.69. The summed E-state index contributed by atoms with van der Waals surface area (Å²) in [5.41, 5.74) is 1.16.